The zero-order valence-electron chi connectivity index (χ0n) is 15.0. The number of rotatable bonds is 3. The second-order valence-corrected chi connectivity index (χ2v) is 8.22. The second-order valence-electron chi connectivity index (χ2n) is 7.24. The highest BCUT2D eigenvalue weighted by molar-refractivity contribution is 7.22. The lowest BCUT2D eigenvalue weighted by atomic mass is 9.89. The predicted octanol–water partition coefficient (Wildman–Crippen LogP) is 1.99. The number of nitrogens with zero attached hydrogens (tertiary/aromatic N) is 4. The molecule has 2 aromatic rings. The van der Waals surface area contributed by atoms with Crippen LogP contribution in [0.3, 0.4) is 0 Å². The maximum atomic E-state index is 11.1. The number of thiazole rings is 1. The Morgan fingerprint density at radius 2 is 2.16 bits per heavy atom. The Morgan fingerprint density at radius 3 is 2.84 bits per heavy atom. The summed E-state index contributed by atoms with van der Waals surface area (Å²) in [6.45, 7) is 6.17. The van der Waals surface area contributed by atoms with Gasteiger partial charge in [0.15, 0.2) is 10.8 Å². The van der Waals surface area contributed by atoms with Gasteiger partial charge in [-0.1, -0.05) is 11.3 Å². The van der Waals surface area contributed by atoms with Crippen molar-refractivity contribution in [3.8, 4) is 0 Å². The van der Waals surface area contributed by atoms with Gasteiger partial charge >= 0.3 is 0 Å². The molecular weight excluding hydrogens is 338 g/mol. The Balaban J connectivity index is 1.39. The first-order chi connectivity index (χ1) is 12.0. The molecule has 1 amide bonds. The summed E-state index contributed by atoms with van der Waals surface area (Å²) >= 11 is 1.74. The molecule has 0 saturated carbocycles. The van der Waals surface area contributed by atoms with E-state index in [0.29, 0.717) is 6.54 Å². The van der Waals surface area contributed by atoms with Gasteiger partial charge < -0.3 is 15.0 Å². The molecule has 8 heteroatoms. The first-order valence-electron chi connectivity index (χ1n) is 8.93. The van der Waals surface area contributed by atoms with Crippen molar-refractivity contribution in [1.82, 2.24) is 20.1 Å². The van der Waals surface area contributed by atoms with E-state index in [1.54, 1.807) is 18.3 Å². The van der Waals surface area contributed by atoms with Crippen LogP contribution in [0.1, 0.15) is 38.3 Å². The first-order valence-corrected chi connectivity index (χ1v) is 9.75. The van der Waals surface area contributed by atoms with E-state index in [1.165, 1.54) is 4.70 Å². The van der Waals surface area contributed by atoms with Crippen molar-refractivity contribution in [2.24, 2.45) is 7.05 Å². The van der Waals surface area contributed by atoms with Crippen molar-refractivity contribution in [3.05, 3.63) is 5.69 Å². The average Bonchev–Trinajstić information content (AvgIpc) is 3.24. The van der Waals surface area contributed by atoms with Gasteiger partial charge in [0, 0.05) is 33.6 Å². The summed E-state index contributed by atoms with van der Waals surface area (Å²) in [5.74, 6) is 0.0139. The smallest absolute Gasteiger partial charge is 0.216 e. The number of hydrogen-bond acceptors (Lipinski definition) is 6. The summed E-state index contributed by atoms with van der Waals surface area (Å²) in [4.78, 5) is 18.2. The van der Waals surface area contributed by atoms with Crippen LogP contribution in [0.4, 0.5) is 5.13 Å². The molecule has 4 rings (SSSR count). The molecule has 2 aliphatic heterocycles. The van der Waals surface area contributed by atoms with Crippen LogP contribution in [0.15, 0.2) is 0 Å². The minimum absolute atomic E-state index is 0.00616. The Labute approximate surface area is 151 Å². The largest absolute Gasteiger partial charge is 0.370 e. The minimum Gasteiger partial charge on any atom is -0.370 e. The summed E-state index contributed by atoms with van der Waals surface area (Å²) in [6, 6.07) is 0. The molecule has 0 aliphatic carbocycles. The topological polar surface area (TPSA) is 72.3 Å². The number of anilines is 1. The molecule has 0 aromatic carbocycles. The number of nitrogens with one attached hydrogen (secondary N) is 1. The highest BCUT2D eigenvalue weighted by Gasteiger charge is 2.42. The van der Waals surface area contributed by atoms with E-state index in [9.17, 15) is 4.79 Å². The number of carbonyl (C=O) groups is 1. The van der Waals surface area contributed by atoms with Gasteiger partial charge in [0.05, 0.1) is 22.1 Å². The standard InChI is InChI=1S/C17H25N5O2S/c1-11-14-15(21(3)20-11)19-16(25-14)22-8-6-17(7-9-22)5-4-13(24-17)10-18-12(2)23/h13H,4-10H2,1-3H3,(H,18,23)/t13-/m0/s1. The minimum atomic E-state index is -0.00616. The van der Waals surface area contributed by atoms with Gasteiger partial charge in [-0.15, -0.1) is 0 Å². The molecule has 4 heterocycles. The maximum absolute atomic E-state index is 11.1. The van der Waals surface area contributed by atoms with Gasteiger partial charge in [0.1, 0.15) is 0 Å². The van der Waals surface area contributed by atoms with Gasteiger partial charge in [0.25, 0.3) is 0 Å². The normalized spacial score (nSPS) is 22.8. The average molecular weight is 363 g/mol. The highest BCUT2D eigenvalue weighted by atomic mass is 32.1. The molecule has 0 radical (unpaired) electrons. The molecule has 7 nitrogen and oxygen atoms in total. The highest BCUT2D eigenvalue weighted by Crippen LogP contribution is 2.41. The summed E-state index contributed by atoms with van der Waals surface area (Å²) < 4.78 is 9.38. The summed E-state index contributed by atoms with van der Waals surface area (Å²) in [7, 11) is 1.95. The molecule has 2 aliphatic rings. The van der Waals surface area contributed by atoms with E-state index < -0.39 is 0 Å². The molecule has 2 fully saturated rings. The molecule has 25 heavy (non-hydrogen) atoms. The number of fused-ring (bicyclic) bond motifs is 1. The quantitative estimate of drug-likeness (QED) is 0.903. The molecule has 136 valence electrons. The summed E-state index contributed by atoms with van der Waals surface area (Å²) in [5, 5.41) is 8.40. The van der Waals surface area contributed by atoms with Crippen LogP contribution in [-0.4, -0.2) is 52.0 Å². The van der Waals surface area contributed by atoms with Crippen LogP contribution in [0.5, 0.6) is 0 Å². The Morgan fingerprint density at radius 1 is 1.40 bits per heavy atom. The molecule has 1 N–H and O–H groups in total. The fourth-order valence-electron chi connectivity index (χ4n) is 3.98. The molecular formula is C17H25N5O2S. The van der Waals surface area contributed by atoms with Crippen molar-refractivity contribution in [2.75, 3.05) is 24.5 Å². The van der Waals surface area contributed by atoms with E-state index in [-0.39, 0.29) is 17.6 Å². The number of aryl methyl sites for hydroxylation is 2. The number of hydrogen-bond donors (Lipinski definition) is 1. The number of aromatic nitrogens is 3. The van der Waals surface area contributed by atoms with Gasteiger partial charge in [-0.3, -0.25) is 4.79 Å². The maximum Gasteiger partial charge on any atom is 0.216 e. The third kappa shape index (κ3) is 3.13. The fraction of sp³-hybridized carbons (Fsp3) is 0.706. The van der Waals surface area contributed by atoms with Gasteiger partial charge in [-0.25, -0.2) is 9.67 Å². The molecule has 1 spiro atoms. The van der Waals surface area contributed by atoms with Crippen LogP contribution in [0, 0.1) is 6.92 Å². The van der Waals surface area contributed by atoms with Gasteiger partial charge in [-0.05, 0) is 32.6 Å². The van der Waals surface area contributed by atoms with Gasteiger partial charge in [-0.2, -0.15) is 5.10 Å². The van der Waals surface area contributed by atoms with E-state index in [2.05, 4.69) is 15.3 Å². The molecule has 0 bridgehead atoms. The molecule has 2 saturated heterocycles. The third-order valence-electron chi connectivity index (χ3n) is 5.40. The van der Waals surface area contributed by atoms with Crippen LogP contribution in [0.25, 0.3) is 10.3 Å². The second kappa shape index (κ2) is 6.25. The van der Waals surface area contributed by atoms with E-state index in [1.807, 2.05) is 18.7 Å². The van der Waals surface area contributed by atoms with E-state index >= 15 is 0 Å². The van der Waals surface area contributed by atoms with E-state index in [4.69, 9.17) is 9.72 Å². The summed E-state index contributed by atoms with van der Waals surface area (Å²) in [5.41, 5.74) is 2.02. The van der Waals surface area contributed by atoms with Crippen LogP contribution in [0.2, 0.25) is 0 Å². The van der Waals surface area contributed by atoms with Crippen LogP contribution < -0.4 is 10.2 Å². The summed E-state index contributed by atoms with van der Waals surface area (Å²) in [6.07, 6.45) is 4.33. The van der Waals surface area contributed by atoms with Crippen LogP contribution in [-0.2, 0) is 16.6 Å². The lowest BCUT2D eigenvalue weighted by Crippen LogP contribution is -2.45. The van der Waals surface area contributed by atoms with Crippen LogP contribution >= 0.6 is 11.3 Å². The van der Waals surface area contributed by atoms with Crippen molar-refractivity contribution in [1.29, 1.82) is 0 Å². The fourth-order valence-corrected chi connectivity index (χ4v) is 5.06. The van der Waals surface area contributed by atoms with Crippen molar-refractivity contribution in [3.63, 3.8) is 0 Å². The van der Waals surface area contributed by atoms with Crippen molar-refractivity contribution < 1.29 is 9.53 Å². The molecule has 2 aromatic heterocycles. The zero-order valence-corrected chi connectivity index (χ0v) is 15.9. The van der Waals surface area contributed by atoms with E-state index in [0.717, 1.165) is 55.2 Å². The Hall–Kier alpha value is -1.67. The zero-order chi connectivity index (χ0) is 17.6. The van der Waals surface area contributed by atoms with Crippen molar-refractivity contribution >= 4 is 32.7 Å². The molecule has 0 unspecified atom stereocenters. The van der Waals surface area contributed by atoms with Gasteiger partial charge in [0.2, 0.25) is 5.91 Å². The number of piperidine rings is 1. The lowest BCUT2D eigenvalue weighted by Gasteiger charge is -2.39. The number of carbonyl (C=O) groups excluding carboxylic acids is 1. The first kappa shape index (κ1) is 16.8. The lowest BCUT2D eigenvalue weighted by molar-refractivity contribution is -0.120. The SMILES string of the molecule is CC(=O)NC[C@@H]1CCC2(CCN(c3nc4c(s3)c(C)nn4C)CC2)O1. The Kier molecular flexibility index (Phi) is 4.19. The number of ether oxygens (including phenoxy) is 1. The Bertz CT molecular complexity index is 756. The predicted molar refractivity (Wildman–Crippen MR) is 98.1 cm³/mol. The monoisotopic (exact) mass is 363 g/mol. The van der Waals surface area contributed by atoms with Crippen molar-refractivity contribution in [2.45, 2.75) is 51.2 Å². The third-order valence-corrected chi connectivity index (χ3v) is 6.61. The molecule has 1 atom stereocenters. The number of amides is 1.